The third-order valence-corrected chi connectivity index (χ3v) is 2.51. The number of anilines is 1. The van der Waals surface area contributed by atoms with Gasteiger partial charge in [-0.15, -0.1) is 0 Å². The summed E-state index contributed by atoms with van der Waals surface area (Å²) in [6.07, 6.45) is 3.61. The third kappa shape index (κ3) is 5.10. The topological polar surface area (TPSA) is 50.3 Å². The lowest BCUT2D eigenvalue weighted by atomic mass is 10.4. The maximum Gasteiger partial charge on any atom is 0.144 e. The summed E-state index contributed by atoms with van der Waals surface area (Å²) in [7, 11) is 1.72. The molecule has 0 saturated carbocycles. The Bertz CT molecular complexity index is 302. The van der Waals surface area contributed by atoms with Gasteiger partial charge >= 0.3 is 0 Å². The second-order valence-electron chi connectivity index (χ2n) is 3.78. The van der Waals surface area contributed by atoms with Gasteiger partial charge in [-0.05, 0) is 13.5 Å². The average molecular weight is 238 g/mol. The summed E-state index contributed by atoms with van der Waals surface area (Å²) in [5, 5.41) is 3.13. The summed E-state index contributed by atoms with van der Waals surface area (Å²) in [6, 6.07) is 0. The lowest BCUT2D eigenvalue weighted by molar-refractivity contribution is 0.146. The van der Waals surface area contributed by atoms with E-state index in [1.807, 2.05) is 13.1 Å². The van der Waals surface area contributed by atoms with Gasteiger partial charge in [0.05, 0.1) is 24.7 Å². The molecule has 96 valence electrons. The Hall–Kier alpha value is -1.20. The second kappa shape index (κ2) is 7.97. The van der Waals surface area contributed by atoms with Gasteiger partial charge in [-0.1, -0.05) is 6.92 Å². The molecule has 0 unspecified atom stereocenters. The van der Waals surface area contributed by atoms with E-state index in [4.69, 9.17) is 4.74 Å². The van der Waals surface area contributed by atoms with Crippen molar-refractivity contribution in [2.24, 2.45) is 0 Å². The Morgan fingerprint density at radius 1 is 1.29 bits per heavy atom. The largest absolute Gasteiger partial charge is 0.383 e. The van der Waals surface area contributed by atoms with Gasteiger partial charge in [0.25, 0.3) is 0 Å². The first-order chi connectivity index (χ1) is 8.30. The Morgan fingerprint density at radius 3 is 2.65 bits per heavy atom. The molecule has 0 aliphatic rings. The SMILES string of the molecule is CCNc1cnc(CN(CC)CCOC)cn1. The van der Waals surface area contributed by atoms with Crippen LogP contribution in [0.25, 0.3) is 0 Å². The Labute approximate surface area is 103 Å². The molecular weight excluding hydrogens is 216 g/mol. The molecule has 0 spiro atoms. The number of ether oxygens (including phenoxy) is 1. The van der Waals surface area contributed by atoms with Crippen molar-refractivity contribution in [3.63, 3.8) is 0 Å². The second-order valence-corrected chi connectivity index (χ2v) is 3.78. The van der Waals surface area contributed by atoms with Crippen molar-refractivity contribution in [3.05, 3.63) is 18.1 Å². The highest BCUT2D eigenvalue weighted by Crippen LogP contribution is 2.03. The van der Waals surface area contributed by atoms with E-state index in [0.717, 1.165) is 44.3 Å². The zero-order valence-corrected chi connectivity index (χ0v) is 10.9. The molecule has 5 heteroatoms. The van der Waals surface area contributed by atoms with Crippen LogP contribution in [0.1, 0.15) is 19.5 Å². The van der Waals surface area contributed by atoms with E-state index in [0.29, 0.717) is 0 Å². The molecule has 1 heterocycles. The number of nitrogens with zero attached hydrogens (tertiary/aromatic N) is 3. The number of hydrogen-bond acceptors (Lipinski definition) is 5. The molecule has 5 nitrogen and oxygen atoms in total. The summed E-state index contributed by atoms with van der Waals surface area (Å²) < 4.78 is 5.08. The van der Waals surface area contributed by atoms with Crippen LogP contribution in [0.15, 0.2) is 12.4 Å². The van der Waals surface area contributed by atoms with Gasteiger partial charge in [0, 0.05) is 26.7 Å². The van der Waals surface area contributed by atoms with E-state index in [1.54, 1.807) is 13.3 Å². The average Bonchev–Trinajstić information content (AvgIpc) is 2.37. The van der Waals surface area contributed by atoms with Crippen LogP contribution in [-0.4, -0.2) is 48.2 Å². The van der Waals surface area contributed by atoms with Crippen molar-refractivity contribution in [2.75, 3.05) is 38.7 Å². The van der Waals surface area contributed by atoms with Crippen molar-refractivity contribution < 1.29 is 4.74 Å². The normalized spacial score (nSPS) is 10.8. The Morgan fingerprint density at radius 2 is 2.12 bits per heavy atom. The van der Waals surface area contributed by atoms with Crippen molar-refractivity contribution in [1.82, 2.24) is 14.9 Å². The first-order valence-corrected chi connectivity index (χ1v) is 6.06. The van der Waals surface area contributed by atoms with Gasteiger partial charge in [0.15, 0.2) is 0 Å². The Balaban J connectivity index is 2.48. The quantitative estimate of drug-likeness (QED) is 0.741. The van der Waals surface area contributed by atoms with Crippen LogP contribution in [0.2, 0.25) is 0 Å². The van der Waals surface area contributed by atoms with E-state index in [-0.39, 0.29) is 0 Å². The third-order valence-electron chi connectivity index (χ3n) is 2.51. The molecule has 17 heavy (non-hydrogen) atoms. The standard InChI is InChI=1S/C12H22N4O/c1-4-13-12-9-14-11(8-15-12)10-16(5-2)6-7-17-3/h8-9H,4-7,10H2,1-3H3,(H,13,15). The van der Waals surface area contributed by atoms with Crippen LogP contribution in [0, 0.1) is 0 Å². The summed E-state index contributed by atoms with van der Waals surface area (Å²) >= 11 is 0. The van der Waals surface area contributed by atoms with Crippen LogP contribution in [0.5, 0.6) is 0 Å². The summed E-state index contributed by atoms with van der Waals surface area (Å²) in [5.74, 6) is 0.830. The van der Waals surface area contributed by atoms with E-state index in [9.17, 15) is 0 Å². The molecule has 0 aliphatic carbocycles. The highest BCUT2D eigenvalue weighted by atomic mass is 16.5. The maximum absolute atomic E-state index is 5.08. The highest BCUT2D eigenvalue weighted by molar-refractivity contribution is 5.30. The zero-order valence-electron chi connectivity index (χ0n) is 10.9. The molecule has 1 aromatic heterocycles. The number of methoxy groups -OCH3 is 1. The summed E-state index contributed by atoms with van der Waals surface area (Å²) in [6.45, 7) is 8.51. The van der Waals surface area contributed by atoms with Crippen LogP contribution < -0.4 is 5.32 Å². The van der Waals surface area contributed by atoms with Crippen LogP contribution in [0.3, 0.4) is 0 Å². The number of aromatic nitrogens is 2. The zero-order chi connectivity index (χ0) is 12.5. The van der Waals surface area contributed by atoms with Crippen molar-refractivity contribution in [1.29, 1.82) is 0 Å². The molecule has 0 fully saturated rings. The van der Waals surface area contributed by atoms with Crippen molar-refractivity contribution in [3.8, 4) is 0 Å². The number of nitrogens with one attached hydrogen (secondary N) is 1. The Kier molecular flexibility index (Phi) is 6.50. The predicted molar refractivity (Wildman–Crippen MR) is 69.0 cm³/mol. The minimum Gasteiger partial charge on any atom is -0.383 e. The molecule has 1 rings (SSSR count). The first-order valence-electron chi connectivity index (χ1n) is 6.06. The smallest absolute Gasteiger partial charge is 0.144 e. The molecular formula is C12H22N4O. The van der Waals surface area contributed by atoms with E-state index < -0.39 is 0 Å². The first kappa shape index (κ1) is 13.9. The van der Waals surface area contributed by atoms with Gasteiger partial charge in [-0.25, -0.2) is 4.98 Å². The van der Waals surface area contributed by atoms with Crippen LogP contribution in [0.4, 0.5) is 5.82 Å². The van der Waals surface area contributed by atoms with E-state index >= 15 is 0 Å². The number of likely N-dealkylation sites (N-methyl/N-ethyl adjacent to an activating group) is 1. The van der Waals surface area contributed by atoms with Gasteiger partial charge in [0.2, 0.25) is 0 Å². The molecule has 0 amide bonds. The highest BCUT2D eigenvalue weighted by Gasteiger charge is 2.04. The van der Waals surface area contributed by atoms with Gasteiger partial charge in [0.1, 0.15) is 5.82 Å². The minimum atomic E-state index is 0.747. The number of hydrogen-bond donors (Lipinski definition) is 1. The summed E-state index contributed by atoms with van der Waals surface area (Å²) in [4.78, 5) is 11.0. The van der Waals surface area contributed by atoms with E-state index in [1.165, 1.54) is 0 Å². The summed E-state index contributed by atoms with van der Waals surface area (Å²) in [5.41, 5.74) is 0.990. The van der Waals surface area contributed by atoms with Crippen molar-refractivity contribution in [2.45, 2.75) is 20.4 Å². The fourth-order valence-electron chi connectivity index (χ4n) is 1.51. The molecule has 1 aromatic rings. The van der Waals surface area contributed by atoms with Crippen LogP contribution >= 0.6 is 0 Å². The van der Waals surface area contributed by atoms with Gasteiger partial charge < -0.3 is 10.1 Å². The fourth-order valence-corrected chi connectivity index (χ4v) is 1.51. The molecule has 1 N–H and O–H groups in total. The number of rotatable bonds is 8. The minimum absolute atomic E-state index is 0.747. The maximum atomic E-state index is 5.08. The molecule has 0 radical (unpaired) electrons. The molecule has 0 aromatic carbocycles. The monoisotopic (exact) mass is 238 g/mol. The molecule has 0 aliphatic heterocycles. The lowest BCUT2D eigenvalue weighted by Crippen LogP contribution is -2.27. The van der Waals surface area contributed by atoms with Crippen molar-refractivity contribution >= 4 is 5.82 Å². The predicted octanol–water partition coefficient (Wildman–Crippen LogP) is 1.38. The van der Waals surface area contributed by atoms with Crippen LogP contribution in [-0.2, 0) is 11.3 Å². The van der Waals surface area contributed by atoms with E-state index in [2.05, 4.69) is 27.1 Å². The molecule has 0 bridgehead atoms. The lowest BCUT2D eigenvalue weighted by Gasteiger charge is -2.19. The van der Waals surface area contributed by atoms with Gasteiger partial charge in [-0.3, -0.25) is 9.88 Å². The molecule has 0 atom stereocenters. The molecule has 0 saturated heterocycles. The fraction of sp³-hybridized carbons (Fsp3) is 0.667. The van der Waals surface area contributed by atoms with Gasteiger partial charge in [-0.2, -0.15) is 0 Å².